The van der Waals surface area contributed by atoms with Crippen LogP contribution in [0.3, 0.4) is 0 Å². The minimum absolute atomic E-state index is 0.0357. The Balaban J connectivity index is 1.97. The summed E-state index contributed by atoms with van der Waals surface area (Å²) in [5, 5.41) is 6.22. The van der Waals surface area contributed by atoms with Crippen LogP contribution in [0.25, 0.3) is 0 Å². The Morgan fingerprint density at radius 2 is 2.37 bits per heavy atom. The normalized spacial score (nSPS) is 14.7. The Hall–Kier alpha value is -1.08. The summed E-state index contributed by atoms with van der Waals surface area (Å²) in [4.78, 5) is 12.1. The molecule has 0 fully saturated rings. The zero-order valence-corrected chi connectivity index (χ0v) is 13.0. The van der Waals surface area contributed by atoms with E-state index >= 15 is 0 Å². The second-order valence-electron chi connectivity index (χ2n) is 4.34. The Labute approximate surface area is 126 Å². The molecule has 2 N–H and O–H groups in total. The van der Waals surface area contributed by atoms with Gasteiger partial charge in [0, 0.05) is 16.7 Å². The second kappa shape index (κ2) is 6.91. The van der Waals surface area contributed by atoms with Gasteiger partial charge in [-0.1, -0.05) is 11.6 Å². The van der Waals surface area contributed by atoms with Crippen molar-refractivity contribution in [3.05, 3.63) is 39.0 Å². The fraction of sp³-hybridized carbons (Fsp3) is 0.357. The zero-order chi connectivity index (χ0) is 13.7. The molecular weight excluding hydrogens is 355 g/mol. The van der Waals surface area contributed by atoms with Gasteiger partial charge in [-0.2, -0.15) is 0 Å². The van der Waals surface area contributed by atoms with Gasteiger partial charge in [0.05, 0.1) is 12.7 Å². The van der Waals surface area contributed by atoms with Gasteiger partial charge < -0.3 is 15.4 Å². The third-order valence-electron chi connectivity index (χ3n) is 3.05. The van der Waals surface area contributed by atoms with Crippen LogP contribution in [0.4, 0.5) is 0 Å². The van der Waals surface area contributed by atoms with Crippen LogP contribution in [0.2, 0.25) is 0 Å². The standard InChI is InChI=1S/C14H17IN2O2/c1-19-11-2-3-12(13(15)8-11)14(18)17-9-10-4-6-16-7-5-10/h2-4,8,16H,5-7,9H2,1H3,(H,17,18). The first-order valence-electron chi connectivity index (χ1n) is 6.21. The van der Waals surface area contributed by atoms with Crippen molar-refractivity contribution in [1.29, 1.82) is 0 Å². The number of amides is 1. The van der Waals surface area contributed by atoms with Crippen LogP contribution in [0.15, 0.2) is 29.8 Å². The predicted molar refractivity (Wildman–Crippen MR) is 83.6 cm³/mol. The number of halogens is 1. The van der Waals surface area contributed by atoms with E-state index in [1.165, 1.54) is 5.57 Å². The molecule has 0 aliphatic carbocycles. The first kappa shape index (κ1) is 14.3. The summed E-state index contributed by atoms with van der Waals surface area (Å²) in [6.07, 6.45) is 3.14. The summed E-state index contributed by atoms with van der Waals surface area (Å²) in [6.45, 7) is 2.51. The molecule has 0 spiro atoms. The number of benzene rings is 1. The molecule has 0 radical (unpaired) electrons. The van der Waals surface area contributed by atoms with Gasteiger partial charge in [-0.05, 0) is 53.8 Å². The molecule has 0 atom stereocenters. The molecule has 0 saturated heterocycles. The molecule has 0 aromatic heterocycles. The first-order valence-corrected chi connectivity index (χ1v) is 7.29. The molecule has 4 nitrogen and oxygen atoms in total. The van der Waals surface area contributed by atoms with E-state index in [4.69, 9.17) is 4.74 Å². The average Bonchev–Trinajstić information content (AvgIpc) is 2.45. The maximum atomic E-state index is 12.1. The van der Waals surface area contributed by atoms with Crippen LogP contribution in [0.5, 0.6) is 5.75 Å². The van der Waals surface area contributed by atoms with Gasteiger partial charge in [0.25, 0.3) is 5.91 Å². The number of rotatable bonds is 4. The monoisotopic (exact) mass is 372 g/mol. The topological polar surface area (TPSA) is 50.4 Å². The van der Waals surface area contributed by atoms with Crippen LogP contribution in [0, 0.1) is 3.57 Å². The third-order valence-corrected chi connectivity index (χ3v) is 3.95. The molecule has 5 heteroatoms. The Bertz CT molecular complexity index is 500. The summed E-state index contributed by atoms with van der Waals surface area (Å²) in [7, 11) is 1.62. The Kier molecular flexibility index (Phi) is 5.21. The first-order chi connectivity index (χ1) is 9.20. The minimum Gasteiger partial charge on any atom is -0.497 e. The number of carbonyl (C=O) groups is 1. The van der Waals surface area contributed by atoms with E-state index in [1.54, 1.807) is 19.2 Å². The number of nitrogens with one attached hydrogen (secondary N) is 2. The van der Waals surface area contributed by atoms with E-state index in [0.717, 1.165) is 28.8 Å². The lowest BCUT2D eigenvalue weighted by molar-refractivity contribution is 0.0955. The Morgan fingerprint density at radius 3 is 3.00 bits per heavy atom. The third kappa shape index (κ3) is 3.94. The van der Waals surface area contributed by atoms with Gasteiger partial charge in [-0.3, -0.25) is 4.79 Å². The van der Waals surface area contributed by atoms with E-state index in [-0.39, 0.29) is 5.91 Å². The molecule has 1 amide bonds. The van der Waals surface area contributed by atoms with Gasteiger partial charge >= 0.3 is 0 Å². The van der Waals surface area contributed by atoms with Crippen molar-refractivity contribution in [3.8, 4) is 5.75 Å². The SMILES string of the molecule is COc1ccc(C(=O)NCC2=CCNCC2)c(I)c1. The van der Waals surface area contributed by atoms with E-state index in [9.17, 15) is 4.79 Å². The van der Waals surface area contributed by atoms with E-state index in [0.29, 0.717) is 12.1 Å². The van der Waals surface area contributed by atoms with Gasteiger partial charge in [0.2, 0.25) is 0 Å². The van der Waals surface area contributed by atoms with Crippen LogP contribution >= 0.6 is 22.6 Å². The molecule has 1 aliphatic rings. The fourth-order valence-corrected chi connectivity index (χ4v) is 2.66. The molecule has 1 aromatic rings. The fourth-order valence-electron chi connectivity index (χ4n) is 1.93. The van der Waals surface area contributed by atoms with Crippen LogP contribution in [0.1, 0.15) is 16.8 Å². The van der Waals surface area contributed by atoms with Gasteiger partial charge in [-0.15, -0.1) is 0 Å². The quantitative estimate of drug-likeness (QED) is 0.628. The molecule has 0 unspecified atom stereocenters. The van der Waals surface area contributed by atoms with E-state index in [1.807, 2.05) is 6.07 Å². The molecule has 1 heterocycles. The lowest BCUT2D eigenvalue weighted by Gasteiger charge is -2.15. The zero-order valence-electron chi connectivity index (χ0n) is 10.8. The number of methoxy groups -OCH3 is 1. The lowest BCUT2D eigenvalue weighted by Crippen LogP contribution is -2.30. The molecule has 0 saturated carbocycles. The van der Waals surface area contributed by atoms with Crippen molar-refractivity contribution in [3.63, 3.8) is 0 Å². The van der Waals surface area contributed by atoms with Gasteiger partial charge in [0.15, 0.2) is 0 Å². The van der Waals surface area contributed by atoms with Crippen molar-refractivity contribution >= 4 is 28.5 Å². The van der Waals surface area contributed by atoms with Crippen LogP contribution in [-0.4, -0.2) is 32.7 Å². The molecule has 19 heavy (non-hydrogen) atoms. The van der Waals surface area contributed by atoms with Crippen molar-refractivity contribution < 1.29 is 9.53 Å². The maximum absolute atomic E-state index is 12.1. The van der Waals surface area contributed by atoms with Crippen molar-refractivity contribution in [2.24, 2.45) is 0 Å². The second-order valence-corrected chi connectivity index (χ2v) is 5.51. The summed E-state index contributed by atoms with van der Waals surface area (Å²) in [5.74, 6) is 0.730. The average molecular weight is 372 g/mol. The maximum Gasteiger partial charge on any atom is 0.252 e. The predicted octanol–water partition coefficient (Wildman–Crippen LogP) is 1.95. The number of hydrogen-bond donors (Lipinski definition) is 2. The number of ether oxygens (including phenoxy) is 1. The highest BCUT2D eigenvalue weighted by atomic mass is 127. The molecular formula is C14H17IN2O2. The van der Waals surface area contributed by atoms with Gasteiger partial charge in [-0.25, -0.2) is 0 Å². The van der Waals surface area contributed by atoms with Crippen LogP contribution in [-0.2, 0) is 0 Å². The van der Waals surface area contributed by atoms with Gasteiger partial charge in [0.1, 0.15) is 5.75 Å². The summed E-state index contributed by atoms with van der Waals surface area (Å²) < 4.78 is 6.03. The van der Waals surface area contributed by atoms with E-state index in [2.05, 4.69) is 39.3 Å². The highest BCUT2D eigenvalue weighted by molar-refractivity contribution is 14.1. The summed E-state index contributed by atoms with van der Waals surface area (Å²) in [6, 6.07) is 5.47. The molecule has 0 bridgehead atoms. The smallest absolute Gasteiger partial charge is 0.252 e. The molecule has 2 rings (SSSR count). The lowest BCUT2D eigenvalue weighted by atomic mass is 10.1. The number of hydrogen-bond acceptors (Lipinski definition) is 3. The molecule has 102 valence electrons. The molecule has 1 aromatic carbocycles. The molecule has 1 aliphatic heterocycles. The van der Waals surface area contributed by atoms with Crippen LogP contribution < -0.4 is 15.4 Å². The highest BCUT2D eigenvalue weighted by Crippen LogP contribution is 2.19. The summed E-state index contributed by atoms with van der Waals surface area (Å²) >= 11 is 2.15. The van der Waals surface area contributed by atoms with E-state index < -0.39 is 0 Å². The van der Waals surface area contributed by atoms with Crippen molar-refractivity contribution in [2.45, 2.75) is 6.42 Å². The largest absolute Gasteiger partial charge is 0.497 e. The number of carbonyl (C=O) groups excluding carboxylic acids is 1. The van der Waals surface area contributed by atoms with Crippen molar-refractivity contribution in [1.82, 2.24) is 10.6 Å². The minimum atomic E-state index is -0.0357. The summed E-state index contributed by atoms with van der Waals surface area (Å²) in [5.41, 5.74) is 1.98. The van der Waals surface area contributed by atoms with Crippen molar-refractivity contribution in [2.75, 3.05) is 26.7 Å². The highest BCUT2D eigenvalue weighted by Gasteiger charge is 2.11. The Morgan fingerprint density at radius 1 is 1.53 bits per heavy atom.